The zero-order valence-electron chi connectivity index (χ0n) is 20.6. The molecular formula is C29H41N3O2. The third-order valence-electron chi connectivity index (χ3n) is 9.65. The fraction of sp³-hybridized carbons (Fsp3) is 0.724. The van der Waals surface area contributed by atoms with E-state index in [9.17, 15) is 9.59 Å². The molecule has 1 aromatic carbocycles. The van der Waals surface area contributed by atoms with Crippen LogP contribution in [0.15, 0.2) is 24.3 Å². The van der Waals surface area contributed by atoms with Gasteiger partial charge in [-0.1, -0.05) is 30.7 Å². The lowest BCUT2D eigenvalue weighted by atomic mass is 9.49. The Balaban J connectivity index is 1.05. The second-order valence-corrected chi connectivity index (χ2v) is 12.2. The summed E-state index contributed by atoms with van der Waals surface area (Å²) in [5.41, 5.74) is 2.33. The molecule has 2 amide bonds. The summed E-state index contributed by atoms with van der Waals surface area (Å²) in [4.78, 5) is 31.5. The summed E-state index contributed by atoms with van der Waals surface area (Å²) < 4.78 is 0. The molecule has 4 aliphatic carbocycles. The Morgan fingerprint density at radius 1 is 0.824 bits per heavy atom. The highest BCUT2D eigenvalue weighted by atomic mass is 16.2. The molecular weight excluding hydrogens is 422 g/mol. The number of benzene rings is 1. The van der Waals surface area contributed by atoms with Crippen LogP contribution in [0.5, 0.6) is 0 Å². The molecule has 2 aliphatic heterocycles. The van der Waals surface area contributed by atoms with E-state index in [-0.39, 0.29) is 17.4 Å². The maximum Gasteiger partial charge on any atom is 0.243 e. The molecule has 1 atom stereocenters. The van der Waals surface area contributed by atoms with Crippen LogP contribution in [0, 0.1) is 23.2 Å². The van der Waals surface area contributed by atoms with Gasteiger partial charge in [0.2, 0.25) is 11.8 Å². The van der Waals surface area contributed by atoms with E-state index in [0.29, 0.717) is 12.5 Å². The average Bonchev–Trinajstić information content (AvgIpc) is 3.33. The summed E-state index contributed by atoms with van der Waals surface area (Å²) in [6, 6.07) is 8.42. The molecule has 7 rings (SSSR count). The Morgan fingerprint density at radius 3 is 2.09 bits per heavy atom. The van der Waals surface area contributed by atoms with Crippen molar-refractivity contribution in [2.24, 2.45) is 23.2 Å². The molecule has 2 heterocycles. The van der Waals surface area contributed by atoms with Gasteiger partial charge in [0.15, 0.2) is 0 Å². The number of likely N-dealkylation sites (tertiary alicyclic amines) is 2. The molecule has 1 N–H and O–H groups in total. The van der Waals surface area contributed by atoms with E-state index < -0.39 is 0 Å². The first-order valence-corrected chi connectivity index (χ1v) is 14.0. The van der Waals surface area contributed by atoms with Gasteiger partial charge in [-0.15, -0.1) is 0 Å². The second-order valence-electron chi connectivity index (χ2n) is 12.2. The molecule has 6 aliphatic rings. The van der Waals surface area contributed by atoms with Gasteiger partial charge < -0.3 is 10.2 Å². The van der Waals surface area contributed by atoms with Crippen LogP contribution in [-0.2, 0) is 22.7 Å². The predicted octanol–water partition coefficient (Wildman–Crippen LogP) is 4.50. The Kier molecular flexibility index (Phi) is 6.17. The van der Waals surface area contributed by atoms with Crippen LogP contribution in [-0.4, -0.2) is 47.3 Å². The van der Waals surface area contributed by atoms with Gasteiger partial charge >= 0.3 is 0 Å². The standard InChI is InChI=1S/C29H41N3O2/c33-27(30-19-21-6-8-22(9-7-21)20-31-10-2-1-3-11-31)26-5-4-12-32(26)28(34)29-16-23-13-24(17-29)15-25(14-23)18-29/h6-9,23-26H,1-5,10-20H2,(H,30,33). The average molecular weight is 464 g/mol. The minimum atomic E-state index is -0.279. The number of amides is 2. The third kappa shape index (κ3) is 4.41. The van der Waals surface area contributed by atoms with Gasteiger partial charge in [0.05, 0.1) is 5.41 Å². The zero-order chi connectivity index (χ0) is 23.1. The normalized spacial score (nSPS) is 35.0. The lowest BCUT2D eigenvalue weighted by Gasteiger charge is -2.56. The fourth-order valence-electron chi connectivity index (χ4n) is 8.40. The van der Waals surface area contributed by atoms with Crippen molar-refractivity contribution >= 4 is 11.8 Å². The first kappa shape index (κ1) is 22.6. The Labute approximate surface area is 204 Å². The van der Waals surface area contributed by atoms with E-state index in [2.05, 4.69) is 34.5 Å². The van der Waals surface area contributed by atoms with Crippen molar-refractivity contribution in [3.63, 3.8) is 0 Å². The van der Waals surface area contributed by atoms with Gasteiger partial charge in [-0.25, -0.2) is 0 Å². The summed E-state index contributed by atoms with van der Waals surface area (Å²) in [7, 11) is 0. The van der Waals surface area contributed by atoms with Crippen molar-refractivity contribution in [2.75, 3.05) is 19.6 Å². The van der Waals surface area contributed by atoms with Crippen molar-refractivity contribution in [1.82, 2.24) is 15.1 Å². The van der Waals surface area contributed by atoms with E-state index in [4.69, 9.17) is 0 Å². The van der Waals surface area contributed by atoms with Crippen molar-refractivity contribution in [3.05, 3.63) is 35.4 Å². The van der Waals surface area contributed by atoms with Crippen molar-refractivity contribution < 1.29 is 9.59 Å². The molecule has 4 saturated carbocycles. The van der Waals surface area contributed by atoms with Gasteiger partial charge in [0.1, 0.15) is 6.04 Å². The zero-order valence-corrected chi connectivity index (χ0v) is 20.6. The van der Waals surface area contributed by atoms with Gasteiger partial charge in [0, 0.05) is 19.6 Å². The minimum Gasteiger partial charge on any atom is -0.350 e. The molecule has 34 heavy (non-hydrogen) atoms. The van der Waals surface area contributed by atoms with Crippen molar-refractivity contribution in [3.8, 4) is 0 Å². The number of nitrogens with zero attached hydrogens (tertiary/aromatic N) is 2. The molecule has 184 valence electrons. The summed E-state index contributed by atoms with van der Waals surface area (Å²) in [5.74, 6) is 2.60. The third-order valence-corrected chi connectivity index (χ3v) is 9.65. The molecule has 5 heteroatoms. The van der Waals surface area contributed by atoms with Gasteiger partial charge in [-0.2, -0.15) is 0 Å². The van der Waals surface area contributed by atoms with E-state index >= 15 is 0 Å². The molecule has 0 radical (unpaired) electrons. The fourth-order valence-corrected chi connectivity index (χ4v) is 8.40. The number of nitrogens with one attached hydrogen (secondary N) is 1. The summed E-state index contributed by atoms with van der Waals surface area (Å²) in [5, 5.41) is 3.16. The summed E-state index contributed by atoms with van der Waals surface area (Å²) in [6.45, 7) is 4.73. The number of carbonyl (C=O) groups is 2. The lowest BCUT2D eigenvalue weighted by Crippen LogP contribution is -2.57. The molecule has 0 aromatic heterocycles. The monoisotopic (exact) mass is 463 g/mol. The maximum absolute atomic E-state index is 13.8. The van der Waals surface area contributed by atoms with Crippen molar-refractivity contribution in [1.29, 1.82) is 0 Å². The highest BCUT2D eigenvalue weighted by Gasteiger charge is 2.56. The summed E-state index contributed by atoms with van der Waals surface area (Å²) >= 11 is 0. The quantitative estimate of drug-likeness (QED) is 0.676. The summed E-state index contributed by atoms with van der Waals surface area (Å²) in [6.07, 6.45) is 13.0. The molecule has 6 fully saturated rings. The van der Waals surface area contributed by atoms with Crippen LogP contribution in [0.3, 0.4) is 0 Å². The Bertz CT molecular complexity index is 869. The molecule has 0 spiro atoms. The molecule has 4 bridgehead atoms. The Hall–Kier alpha value is -1.88. The van der Waals surface area contributed by atoms with Crippen LogP contribution < -0.4 is 5.32 Å². The van der Waals surface area contributed by atoms with E-state index in [1.54, 1.807) is 0 Å². The van der Waals surface area contributed by atoms with E-state index in [0.717, 1.165) is 68.5 Å². The largest absolute Gasteiger partial charge is 0.350 e. The molecule has 1 unspecified atom stereocenters. The van der Waals surface area contributed by atoms with E-state index in [1.165, 1.54) is 57.2 Å². The van der Waals surface area contributed by atoms with Gasteiger partial charge in [-0.05, 0) is 106 Å². The minimum absolute atomic E-state index is 0.0352. The van der Waals surface area contributed by atoms with Crippen LogP contribution in [0.25, 0.3) is 0 Å². The number of piperidine rings is 1. The first-order valence-electron chi connectivity index (χ1n) is 14.0. The van der Waals surface area contributed by atoms with Gasteiger partial charge in [0.25, 0.3) is 0 Å². The SMILES string of the molecule is O=C(NCc1ccc(CN2CCCCC2)cc1)C1CCCN1C(=O)C12CC3CC(CC(C3)C1)C2. The second kappa shape index (κ2) is 9.29. The topological polar surface area (TPSA) is 52.7 Å². The van der Waals surface area contributed by atoms with Crippen LogP contribution in [0.4, 0.5) is 0 Å². The molecule has 1 aromatic rings. The van der Waals surface area contributed by atoms with Crippen molar-refractivity contribution in [2.45, 2.75) is 89.8 Å². The van der Waals surface area contributed by atoms with Gasteiger partial charge in [-0.3, -0.25) is 14.5 Å². The lowest BCUT2D eigenvalue weighted by molar-refractivity contribution is -0.160. The predicted molar refractivity (Wildman–Crippen MR) is 133 cm³/mol. The highest BCUT2D eigenvalue weighted by Crippen LogP contribution is 2.60. The number of hydrogen-bond donors (Lipinski definition) is 1. The van der Waals surface area contributed by atoms with E-state index in [1.807, 2.05) is 4.90 Å². The number of rotatable bonds is 6. The van der Waals surface area contributed by atoms with Crippen LogP contribution in [0.1, 0.15) is 81.8 Å². The molecule has 5 nitrogen and oxygen atoms in total. The smallest absolute Gasteiger partial charge is 0.243 e. The highest BCUT2D eigenvalue weighted by molar-refractivity contribution is 5.91. The molecule has 2 saturated heterocycles. The number of hydrogen-bond acceptors (Lipinski definition) is 3. The maximum atomic E-state index is 13.8. The van der Waals surface area contributed by atoms with Crippen LogP contribution in [0.2, 0.25) is 0 Å². The first-order chi connectivity index (χ1) is 16.6. The number of carbonyl (C=O) groups excluding carboxylic acids is 2. The van der Waals surface area contributed by atoms with Crippen LogP contribution >= 0.6 is 0 Å². The Morgan fingerprint density at radius 2 is 1.44 bits per heavy atom.